The molecule has 140 valence electrons. The maximum Gasteiger partial charge on any atom is 0.184 e. The van der Waals surface area contributed by atoms with E-state index in [-0.39, 0.29) is 6.61 Å². The van der Waals surface area contributed by atoms with Gasteiger partial charge in [0.1, 0.15) is 23.7 Å². The number of aliphatic hydroxyl groups is 1. The van der Waals surface area contributed by atoms with Gasteiger partial charge in [0.05, 0.1) is 12.7 Å². The lowest BCUT2D eigenvalue weighted by molar-refractivity contribution is -0.305. The summed E-state index contributed by atoms with van der Waals surface area (Å²) in [5.41, 5.74) is 9.30. The van der Waals surface area contributed by atoms with Crippen molar-refractivity contribution in [1.29, 1.82) is 0 Å². The zero-order chi connectivity index (χ0) is 18.6. The molecule has 8 heteroatoms. The molecular formula is C19H19N3O4S. The number of rotatable bonds is 4. The van der Waals surface area contributed by atoms with Crippen LogP contribution in [-0.2, 0) is 14.2 Å². The van der Waals surface area contributed by atoms with Gasteiger partial charge < -0.3 is 19.3 Å². The van der Waals surface area contributed by atoms with Crippen molar-refractivity contribution in [3.8, 4) is 0 Å². The zero-order valence-corrected chi connectivity index (χ0v) is 15.2. The quantitative estimate of drug-likeness (QED) is 0.492. The van der Waals surface area contributed by atoms with E-state index in [9.17, 15) is 5.11 Å². The van der Waals surface area contributed by atoms with Crippen LogP contribution in [0.5, 0.6) is 0 Å². The molecule has 0 amide bonds. The van der Waals surface area contributed by atoms with Crippen molar-refractivity contribution in [2.24, 2.45) is 5.11 Å². The summed E-state index contributed by atoms with van der Waals surface area (Å²) in [6.07, 6.45) is -2.65. The van der Waals surface area contributed by atoms with Crippen LogP contribution in [0, 0.1) is 0 Å². The van der Waals surface area contributed by atoms with E-state index in [4.69, 9.17) is 19.7 Å². The molecule has 6 atom stereocenters. The largest absolute Gasteiger partial charge is 0.390 e. The minimum atomic E-state index is -0.990. The summed E-state index contributed by atoms with van der Waals surface area (Å²) >= 11 is 1.41. The number of azide groups is 1. The van der Waals surface area contributed by atoms with Crippen LogP contribution in [0.2, 0.25) is 0 Å². The van der Waals surface area contributed by atoms with Crippen molar-refractivity contribution in [3.05, 3.63) is 76.7 Å². The van der Waals surface area contributed by atoms with E-state index in [1.165, 1.54) is 11.8 Å². The van der Waals surface area contributed by atoms with Gasteiger partial charge in [-0.2, -0.15) is 0 Å². The second-order valence-corrected chi connectivity index (χ2v) is 7.51. The second kappa shape index (κ2) is 8.31. The Morgan fingerprint density at radius 3 is 2.44 bits per heavy atom. The number of benzene rings is 2. The lowest BCUT2D eigenvalue weighted by Gasteiger charge is -2.46. The average Bonchev–Trinajstić information content (AvgIpc) is 2.72. The number of hydrogen-bond acceptors (Lipinski definition) is 6. The number of aliphatic hydroxyl groups excluding tert-OH is 1. The molecule has 2 heterocycles. The first-order chi connectivity index (χ1) is 13.3. The van der Waals surface area contributed by atoms with Gasteiger partial charge in [-0.15, -0.1) is 0 Å². The highest BCUT2D eigenvalue weighted by Gasteiger charge is 2.49. The third-order valence-electron chi connectivity index (χ3n) is 4.59. The van der Waals surface area contributed by atoms with E-state index >= 15 is 0 Å². The van der Waals surface area contributed by atoms with Crippen LogP contribution in [-0.4, -0.2) is 41.5 Å². The fraction of sp³-hybridized carbons (Fsp3) is 0.368. The highest BCUT2D eigenvalue weighted by Crippen LogP contribution is 2.39. The van der Waals surface area contributed by atoms with Crippen LogP contribution in [0.3, 0.4) is 0 Å². The van der Waals surface area contributed by atoms with Gasteiger partial charge in [0, 0.05) is 15.4 Å². The average molecular weight is 385 g/mol. The van der Waals surface area contributed by atoms with E-state index < -0.39 is 36.1 Å². The number of thioether (sulfide) groups is 1. The van der Waals surface area contributed by atoms with Gasteiger partial charge >= 0.3 is 0 Å². The Balaban J connectivity index is 1.53. The number of hydrogen-bond donors (Lipinski definition) is 1. The van der Waals surface area contributed by atoms with Crippen LogP contribution in [0.4, 0.5) is 0 Å². The third kappa shape index (κ3) is 3.96. The fourth-order valence-electron chi connectivity index (χ4n) is 3.27. The van der Waals surface area contributed by atoms with Gasteiger partial charge in [-0.3, -0.25) is 0 Å². The van der Waals surface area contributed by atoms with Crippen molar-refractivity contribution in [2.75, 3.05) is 6.61 Å². The predicted molar refractivity (Wildman–Crippen MR) is 99.9 cm³/mol. The smallest absolute Gasteiger partial charge is 0.184 e. The van der Waals surface area contributed by atoms with E-state index in [0.29, 0.717) is 0 Å². The van der Waals surface area contributed by atoms with Crippen LogP contribution in [0.25, 0.3) is 10.4 Å². The van der Waals surface area contributed by atoms with E-state index in [0.717, 1.165) is 10.5 Å². The van der Waals surface area contributed by atoms with E-state index in [2.05, 4.69) is 10.0 Å². The molecule has 0 bridgehead atoms. The highest BCUT2D eigenvalue weighted by molar-refractivity contribution is 7.99. The van der Waals surface area contributed by atoms with Gasteiger partial charge in [0.25, 0.3) is 0 Å². The van der Waals surface area contributed by atoms with Gasteiger partial charge in [-0.05, 0) is 17.7 Å². The van der Waals surface area contributed by atoms with E-state index in [1.807, 2.05) is 60.7 Å². The Labute approximate surface area is 160 Å². The number of nitrogens with zero attached hydrogens (tertiary/aromatic N) is 3. The topological polar surface area (TPSA) is 96.7 Å². The summed E-state index contributed by atoms with van der Waals surface area (Å²) in [6.45, 7) is 0.288. The maximum atomic E-state index is 10.9. The van der Waals surface area contributed by atoms with Gasteiger partial charge in [0.2, 0.25) is 0 Å². The van der Waals surface area contributed by atoms with Gasteiger partial charge in [-0.25, -0.2) is 0 Å². The molecule has 0 spiro atoms. The molecule has 7 nitrogen and oxygen atoms in total. The molecular weight excluding hydrogens is 366 g/mol. The molecule has 0 saturated carbocycles. The van der Waals surface area contributed by atoms with Gasteiger partial charge in [-0.1, -0.05) is 65.4 Å². The standard InChI is InChI=1S/C19H19N3O4S/c20-22-21-15-16(23)17-14(25-19(15)27-13-9-5-2-6-10-13)11-24-18(26-17)12-7-3-1-4-8-12/h1-10,14-19,23H,11H2/t14-,15-,16-,17+,18?,19-/m1/s1. The molecule has 4 rings (SSSR count). The SMILES string of the molecule is [N-]=[N+]=N[C@@H]1[C@@H](O)[C@H]2OC(c3ccccc3)OC[C@H]2O[C@@H]1Sc1ccccc1. The Morgan fingerprint density at radius 1 is 1.04 bits per heavy atom. The molecule has 0 radical (unpaired) electrons. The first-order valence-electron chi connectivity index (χ1n) is 8.68. The molecule has 2 aromatic carbocycles. The molecule has 0 aromatic heterocycles. The van der Waals surface area contributed by atoms with Crippen molar-refractivity contribution < 1.29 is 19.3 Å². The molecule has 2 fully saturated rings. The first-order valence-corrected chi connectivity index (χ1v) is 9.55. The zero-order valence-electron chi connectivity index (χ0n) is 14.4. The number of fused-ring (bicyclic) bond motifs is 1. The summed E-state index contributed by atoms with van der Waals surface area (Å²) in [7, 11) is 0. The van der Waals surface area contributed by atoms with Crippen molar-refractivity contribution >= 4 is 11.8 Å². The first kappa shape index (κ1) is 18.3. The summed E-state index contributed by atoms with van der Waals surface area (Å²) in [5.74, 6) is 0. The van der Waals surface area contributed by atoms with Crippen molar-refractivity contribution in [3.63, 3.8) is 0 Å². The molecule has 2 aliphatic rings. The molecule has 2 saturated heterocycles. The normalized spacial score (nSPS) is 32.9. The van der Waals surface area contributed by atoms with Crippen molar-refractivity contribution in [1.82, 2.24) is 0 Å². The van der Waals surface area contributed by atoms with Crippen molar-refractivity contribution in [2.45, 2.75) is 41.0 Å². The minimum Gasteiger partial charge on any atom is -0.390 e. The second-order valence-electron chi connectivity index (χ2n) is 6.34. The summed E-state index contributed by atoms with van der Waals surface area (Å²) in [6, 6.07) is 18.4. The molecule has 27 heavy (non-hydrogen) atoms. The Kier molecular flexibility index (Phi) is 5.63. The molecule has 2 aromatic rings. The summed E-state index contributed by atoms with van der Waals surface area (Å²) in [4.78, 5) is 3.87. The minimum absolute atomic E-state index is 0.288. The molecule has 2 aliphatic heterocycles. The summed E-state index contributed by atoms with van der Waals surface area (Å²) < 4.78 is 17.9. The van der Waals surface area contributed by atoms with Crippen LogP contribution in [0.15, 0.2) is 70.7 Å². The van der Waals surface area contributed by atoms with E-state index in [1.54, 1.807) is 0 Å². The maximum absolute atomic E-state index is 10.9. The van der Waals surface area contributed by atoms with Crippen LogP contribution < -0.4 is 0 Å². The van der Waals surface area contributed by atoms with Crippen LogP contribution in [0.1, 0.15) is 11.9 Å². The molecule has 1 N–H and O–H groups in total. The Morgan fingerprint density at radius 2 is 1.74 bits per heavy atom. The Bertz CT molecular complexity index is 803. The molecule has 1 unspecified atom stereocenters. The fourth-order valence-corrected chi connectivity index (χ4v) is 4.41. The Hall–Kier alpha value is -2.06. The summed E-state index contributed by atoms with van der Waals surface area (Å²) in [5, 5.41) is 14.7. The third-order valence-corrected chi connectivity index (χ3v) is 5.75. The highest BCUT2D eigenvalue weighted by atomic mass is 32.2. The molecule has 0 aliphatic carbocycles. The lowest BCUT2D eigenvalue weighted by atomic mass is 9.97. The van der Waals surface area contributed by atoms with Crippen LogP contribution >= 0.6 is 11.8 Å². The predicted octanol–water partition coefficient (Wildman–Crippen LogP) is 3.66. The lowest BCUT2D eigenvalue weighted by Crippen LogP contribution is -2.60. The van der Waals surface area contributed by atoms with Gasteiger partial charge in [0.15, 0.2) is 6.29 Å². The monoisotopic (exact) mass is 385 g/mol. The number of ether oxygens (including phenoxy) is 3.